The van der Waals surface area contributed by atoms with Gasteiger partial charge in [-0.2, -0.15) is 5.10 Å². The zero-order chi connectivity index (χ0) is 18.0. The van der Waals surface area contributed by atoms with Crippen molar-refractivity contribution in [3.05, 3.63) is 41.5 Å². The number of nitrogens with zero attached hydrogens (tertiary/aromatic N) is 3. The second kappa shape index (κ2) is 7.13. The minimum atomic E-state index is -0.495. The number of hydrogen-bond donors (Lipinski definition) is 1. The van der Waals surface area contributed by atoms with E-state index in [-0.39, 0.29) is 17.8 Å². The quantitative estimate of drug-likeness (QED) is 0.923. The number of ether oxygens (including phenoxy) is 1. The Morgan fingerprint density at radius 3 is 2.88 bits per heavy atom. The number of benzene rings is 1. The number of methoxy groups -OCH3 is 1. The molecule has 1 atom stereocenters. The molecule has 0 bridgehead atoms. The minimum absolute atomic E-state index is 0.0235. The van der Waals surface area contributed by atoms with Gasteiger partial charge in [0.05, 0.1) is 18.8 Å². The zero-order valence-electron chi connectivity index (χ0n) is 14.8. The predicted molar refractivity (Wildman–Crippen MR) is 93.2 cm³/mol. The van der Waals surface area contributed by atoms with Gasteiger partial charge in [-0.3, -0.25) is 4.68 Å². The van der Waals surface area contributed by atoms with Gasteiger partial charge >= 0.3 is 6.03 Å². The maximum atomic E-state index is 14.0. The molecule has 6 nitrogen and oxygen atoms in total. The number of aromatic nitrogens is 2. The monoisotopic (exact) mass is 346 g/mol. The van der Waals surface area contributed by atoms with E-state index in [1.54, 1.807) is 16.9 Å². The molecule has 0 spiro atoms. The highest BCUT2D eigenvalue weighted by atomic mass is 19.1. The van der Waals surface area contributed by atoms with Crippen LogP contribution in [-0.4, -0.2) is 34.4 Å². The van der Waals surface area contributed by atoms with E-state index < -0.39 is 5.82 Å². The summed E-state index contributed by atoms with van der Waals surface area (Å²) in [5.74, 6) is -0.327. The highest BCUT2D eigenvalue weighted by Gasteiger charge is 2.30. The lowest BCUT2D eigenvalue weighted by atomic mass is 9.99. The molecule has 2 aromatic rings. The van der Waals surface area contributed by atoms with E-state index in [1.807, 2.05) is 24.9 Å². The fourth-order valence-electron chi connectivity index (χ4n) is 3.33. The minimum Gasteiger partial charge on any atom is -0.494 e. The molecule has 0 aliphatic carbocycles. The average molecular weight is 346 g/mol. The van der Waals surface area contributed by atoms with Crippen LogP contribution < -0.4 is 10.1 Å². The van der Waals surface area contributed by atoms with Crippen molar-refractivity contribution in [1.82, 2.24) is 14.7 Å². The number of rotatable bonds is 3. The number of halogens is 1. The van der Waals surface area contributed by atoms with Gasteiger partial charge in [-0.25, -0.2) is 9.18 Å². The molecule has 134 valence electrons. The lowest BCUT2D eigenvalue weighted by Crippen LogP contribution is -2.41. The number of nitrogens with one attached hydrogen (secondary N) is 1. The standard InChI is InChI=1S/C18H23FN4O2/c1-12-10-17(25-3)13(19)11-14(12)21-18(24)23-9-5-4-6-16(23)15-7-8-20-22(15)2/h7-8,10-11,16H,4-6,9H2,1-3H3,(H,21,24)/t16-/m1/s1. The average Bonchev–Trinajstić information content (AvgIpc) is 3.03. The van der Waals surface area contributed by atoms with Gasteiger partial charge in [-0.15, -0.1) is 0 Å². The van der Waals surface area contributed by atoms with Gasteiger partial charge in [0.1, 0.15) is 0 Å². The lowest BCUT2D eigenvalue weighted by Gasteiger charge is -2.35. The van der Waals surface area contributed by atoms with Crippen LogP contribution in [-0.2, 0) is 7.05 Å². The van der Waals surface area contributed by atoms with Gasteiger partial charge in [0, 0.05) is 31.5 Å². The molecule has 0 unspecified atom stereocenters. The summed E-state index contributed by atoms with van der Waals surface area (Å²) in [5.41, 5.74) is 2.21. The van der Waals surface area contributed by atoms with Crippen molar-refractivity contribution in [2.24, 2.45) is 7.05 Å². The summed E-state index contributed by atoms with van der Waals surface area (Å²) in [5, 5.41) is 7.05. The smallest absolute Gasteiger partial charge is 0.322 e. The number of aryl methyl sites for hydroxylation is 2. The Kier molecular flexibility index (Phi) is 4.92. The largest absolute Gasteiger partial charge is 0.494 e. The van der Waals surface area contributed by atoms with Crippen molar-refractivity contribution in [2.45, 2.75) is 32.2 Å². The number of carbonyl (C=O) groups is 1. The van der Waals surface area contributed by atoms with Crippen LogP contribution in [0.1, 0.15) is 36.6 Å². The van der Waals surface area contributed by atoms with E-state index in [0.29, 0.717) is 12.2 Å². The zero-order valence-corrected chi connectivity index (χ0v) is 14.8. The summed E-state index contributed by atoms with van der Waals surface area (Å²) in [6.45, 7) is 2.48. The van der Waals surface area contributed by atoms with Crippen molar-refractivity contribution >= 4 is 11.7 Å². The van der Waals surface area contributed by atoms with Crippen molar-refractivity contribution in [3.63, 3.8) is 0 Å². The lowest BCUT2D eigenvalue weighted by molar-refractivity contribution is 0.159. The Morgan fingerprint density at radius 1 is 1.40 bits per heavy atom. The van der Waals surface area contributed by atoms with Crippen LogP contribution in [0, 0.1) is 12.7 Å². The molecule has 1 aliphatic rings. The number of amides is 2. The van der Waals surface area contributed by atoms with Gasteiger partial charge in [0.25, 0.3) is 0 Å². The first-order chi connectivity index (χ1) is 12.0. The first-order valence-electron chi connectivity index (χ1n) is 8.41. The summed E-state index contributed by atoms with van der Waals surface area (Å²) >= 11 is 0. The number of piperidine rings is 1. The predicted octanol–water partition coefficient (Wildman–Crippen LogP) is 3.64. The summed E-state index contributed by atoms with van der Waals surface area (Å²) < 4.78 is 20.7. The Hall–Kier alpha value is -2.57. The van der Waals surface area contributed by atoms with Crippen LogP contribution in [0.25, 0.3) is 0 Å². The maximum absolute atomic E-state index is 14.0. The van der Waals surface area contributed by atoms with Gasteiger partial charge in [0.15, 0.2) is 11.6 Å². The molecule has 0 saturated carbocycles. The van der Waals surface area contributed by atoms with Crippen LogP contribution in [0.5, 0.6) is 5.75 Å². The van der Waals surface area contributed by atoms with Crippen molar-refractivity contribution in [3.8, 4) is 5.75 Å². The van der Waals surface area contributed by atoms with E-state index in [2.05, 4.69) is 10.4 Å². The molecule has 1 aromatic carbocycles. The van der Waals surface area contributed by atoms with Gasteiger partial charge < -0.3 is 15.0 Å². The number of likely N-dealkylation sites (tertiary alicyclic amines) is 1. The highest BCUT2D eigenvalue weighted by Crippen LogP contribution is 2.32. The van der Waals surface area contributed by atoms with E-state index in [4.69, 9.17) is 4.74 Å². The molecule has 1 saturated heterocycles. The molecule has 2 heterocycles. The number of urea groups is 1. The summed E-state index contributed by atoms with van der Waals surface area (Å²) in [7, 11) is 3.30. The second-order valence-corrected chi connectivity index (χ2v) is 6.32. The topological polar surface area (TPSA) is 59.4 Å². The summed E-state index contributed by atoms with van der Waals surface area (Å²) in [6, 6.07) is 4.58. The van der Waals surface area contributed by atoms with Gasteiger partial charge in [0.2, 0.25) is 0 Å². The van der Waals surface area contributed by atoms with Crippen LogP contribution in [0.3, 0.4) is 0 Å². The molecule has 3 rings (SSSR count). The van der Waals surface area contributed by atoms with Crippen molar-refractivity contribution in [1.29, 1.82) is 0 Å². The molecular formula is C18H23FN4O2. The van der Waals surface area contributed by atoms with E-state index >= 15 is 0 Å². The van der Waals surface area contributed by atoms with Crippen molar-refractivity contribution < 1.29 is 13.9 Å². The van der Waals surface area contributed by atoms with Gasteiger partial charge in [-0.05, 0) is 43.9 Å². The molecule has 1 aliphatic heterocycles. The Bertz CT molecular complexity index is 774. The maximum Gasteiger partial charge on any atom is 0.322 e. The molecule has 1 fully saturated rings. The highest BCUT2D eigenvalue weighted by molar-refractivity contribution is 5.90. The molecule has 7 heteroatoms. The summed E-state index contributed by atoms with van der Waals surface area (Å²) in [4.78, 5) is 14.6. The second-order valence-electron chi connectivity index (χ2n) is 6.32. The van der Waals surface area contributed by atoms with Crippen LogP contribution >= 0.6 is 0 Å². The third-order valence-corrected chi connectivity index (χ3v) is 4.70. The molecule has 1 N–H and O–H groups in total. The van der Waals surface area contributed by atoms with Crippen LogP contribution in [0.2, 0.25) is 0 Å². The Balaban J connectivity index is 1.82. The van der Waals surface area contributed by atoms with Crippen LogP contribution in [0.4, 0.5) is 14.9 Å². The number of carbonyl (C=O) groups excluding carboxylic acids is 1. The SMILES string of the molecule is COc1cc(C)c(NC(=O)N2CCCC[C@@H]2c2ccnn2C)cc1F. The molecule has 2 amide bonds. The van der Waals surface area contributed by atoms with Crippen LogP contribution in [0.15, 0.2) is 24.4 Å². The summed E-state index contributed by atoms with van der Waals surface area (Å²) in [6.07, 6.45) is 4.65. The van der Waals surface area contributed by atoms with E-state index in [9.17, 15) is 9.18 Å². The normalized spacial score (nSPS) is 17.4. The molecule has 25 heavy (non-hydrogen) atoms. The fraction of sp³-hybridized carbons (Fsp3) is 0.444. The Morgan fingerprint density at radius 2 is 2.20 bits per heavy atom. The van der Waals surface area contributed by atoms with E-state index in [0.717, 1.165) is 30.5 Å². The Labute approximate surface area is 146 Å². The molecule has 0 radical (unpaired) electrons. The first-order valence-corrected chi connectivity index (χ1v) is 8.41. The number of hydrogen-bond acceptors (Lipinski definition) is 3. The van der Waals surface area contributed by atoms with Gasteiger partial charge in [-0.1, -0.05) is 0 Å². The third-order valence-electron chi connectivity index (χ3n) is 4.70. The molecular weight excluding hydrogens is 323 g/mol. The van der Waals surface area contributed by atoms with E-state index in [1.165, 1.54) is 13.2 Å². The van der Waals surface area contributed by atoms with Crippen molar-refractivity contribution in [2.75, 3.05) is 19.0 Å². The fourth-order valence-corrected chi connectivity index (χ4v) is 3.33. The molecule has 1 aromatic heterocycles. The third kappa shape index (κ3) is 3.45. The first kappa shape index (κ1) is 17.3. The number of anilines is 1.